The summed E-state index contributed by atoms with van der Waals surface area (Å²) in [7, 11) is 0. The molecule has 0 unspecified atom stereocenters. The quantitative estimate of drug-likeness (QED) is 0.350. The van der Waals surface area contributed by atoms with E-state index in [1.54, 1.807) is 0 Å². The molecule has 0 saturated carbocycles. The lowest BCUT2D eigenvalue weighted by atomic mass is 9.90. The first-order valence-electron chi connectivity index (χ1n) is 11.5. The van der Waals surface area contributed by atoms with E-state index < -0.39 is 0 Å². The van der Waals surface area contributed by atoms with Crippen LogP contribution in [0.5, 0.6) is 0 Å². The average molecular weight is 460 g/mol. The van der Waals surface area contributed by atoms with Crippen LogP contribution in [-0.2, 0) is 13.0 Å². The molecule has 3 aromatic carbocycles. The molecule has 170 valence electrons. The third kappa shape index (κ3) is 6.77. The summed E-state index contributed by atoms with van der Waals surface area (Å²) in [5, 5.41) is 4.89. The molecule has 0 spiro atoms. The van der Waals surface area contributed by atoms with Crippen LogP contribution in [0.2, 0.25) is 5.02 Å². The van der Waals surface area contributed by atoms with Crippen molar-refractivity contribution in [2.75, 3.05) is 13.1 Å². The number of amides is 1. The second-order valence-corrected chi connectivity index (χ2v) is 9.19. The summed E-state index contributed by atoms with van der Waals surface area (Å²) in [4.78, 5) is 15.0. The fraction of sp³-hybridized carbons (Fsp3) is 0.286. The largest absolute Gasteiger partial charge is 0.299 e. The second kappa shape index (κ2) is 11.3. The fourth-order valence-corrected chi connectivity index (χ4v) is 4.40. The summed E-state index contributed by atoms with van der Waals surface area (Å²) in [6, 6.07) is 26.0. The highest BCUT2D eigenvalue weighted by molar-refractivity contribution is 6.30. The molecule has 0 aliphatic carbocycles. The number of piperidine rings is 1. The molecule has 3 aromatic rings. The number of halogens is 1. The van der Waals surface area contributed by atoms with Crippen molar-refractivity contribution in [3.8, 4) is 0 Å². The van der Waals surface area contributed by atoms with Crippen molar-refractivity contribution < 1.29 is 4.79 Å². The minimum Gasteiger partial charge on any atom is -0.299 e. The van der Waals surface area contributed by atoms with E-state index in [9.17, 15) is 4.79 Å². The number of nitrogens with zero attached hydrogens (tertiary/aromatic N) is 2. The van der Waals surface area contributed by atoms with Crippen LogP contribution in [0.15, 0.2) is 84.0 Å². The van der Waals surface area contributed by atoms with Gasteiger partial charge >= 0.3 is 0 Å². The topological polar surface area (TPSA) is 44.7 Å². The van der Waals surface area contributed by atoms with Crippen molar-refractivity contribution >= 4 is 23.2 Å². The van der Waals surface area contributed by atoms with Crippen molar-refractivity contribution in [1.82, 2.24) is 10.3 Å². The number of hydrazone groups is 1. The van der Waals surface area contributed by atoms with Crippen LogP contribution in [0, 0.1) is 5.92 Å². The van der Waals surface area contributed by atoms with Crippen LogP contribution in [0.4, 0.5) is 0 Å². The predicted molar refractivity (Wildman–Crippen MR) is 136 cm³/mol. The van der Waals surface area contributed by atoms with Gasteiger partial charge in [-0.3, -0.25) is 9.69 Å². The molecule has 1 fully saturated rings. The second-order valence-electron chi connectivity index (χ2n) is 8.75. The Labute approximate surface area is 201 Å². The average Bonchev–Trinajstić information content (AvgIpc) is 2.85. The summed E-state index contributed by atoms with van der Waals surface area (Å²) in [6.07, 6.45) is 3.65. The van der Waals surface area contributed by atoms with E-state index >= 15 is 0 Å². The van der Waals surface area contributed by atoms with Gasteiger partial charge in [-0.2, -0.15) is 5.10 Å². The van der Waals surface area contributed by atoms with Gasteiger partial charge in [0.25, 0.3) is 5.91 Å². The third-order valence-electron chi connectivity index (χ3n) is 6.28. The van der Waals surface area contributed by atoms with E-state index in [0.717, 1.165) is 36.8 Å². The summed E-state index contributed by atoms with van der Waals surface area (Å²) in [6.45, 7) is 5.03. The minimum absolute atomic E-state index is 0.211. The van der Waals surface area contributed by atoms with E-state index in [1.165, 1.54) is 30.4 Å². The lowest BCUT2D eigenvalue weighted by Crippen LogP contribution is -2.33. The van der Waals surface area contributed by atoms with Gasteiger partial charge in [0.05, 0.1) is 5.71 Å². The SMILES string of the molecule is C/C(=N/NC(=O)c1ccc(CN2CCC(Cc3ccccc3)CC2)cc1)c1ccc(Cl)cc1. The molecule has 0 atom stereocenters. The standard InChI is InChI=1S/C28H30ClN3O/c1-21(25-11-13-27(29)14-12-25)30-31-28(33)26-9-7-24(8-10-26)20-32-17-15-23(16-18-32)19-22-5-3-2-4-6-22/h2-14,23H,15-20H2,1H3,(H,31,33)/b30-21-. The highest BCUT2D eigenvalue weighted by Crippen LogP contribution is 2.23. The number of rotatable bonds is 7. The number of carbonyl (C=O) groups excluding carboxylic acids is 1. The maximum Gasteiger partial charge on any atom is 0.271 e. The highest BCUT2D eigenvalue weighted by Gasteiger charge is 2.19. The number of carbonyl (C=O) groups is 1. The predicted octanol–water partition coefficient (Wildman–Crippen LogP) is 5.95. The number of likely N-dealkylation sites (tertiary alicyclic amines) is 1. The van der Waals surface area contributed by atoms with E-state index in [4.69, 9.17) is 11.6 Å². The Bertz CT molecular complexity index is 1070. The zero-order chi connectivity index (χ0) is 23.0. The summed E-state index contributed by atoms with van der Waals surface area (Å²) < 4.78 is 0. The molecule has 4 rings (SSSR count). The van der Waals surface area contributed by atoms with Crippen LogP contribution >= 0.6 is 11.6 Å². The van der Waals surface area contributed by atoms with Gasteiger partial charge in [-0.1, -0.05) is 66.2 Å². The maximum atomic E-state index is 12.5. The van der Waals surface area contributed by atoms with Crippen LogP contribution < -0.4 is 5.43 Å². The fourth-order valence-electron chi connectivity index (χ4n) is 4.27. The summed E-state index contributed by atoms with van der Waals surface area (Å²) in [5.74, 6) is 0.559. The first-order valence-corrected chi connectivity index (χ1v) is 11.9. The van der Waals surface area contributed by atoms with Crippen molar-refractivity contribution in [3.63, 3.8) is 0 Å². The summed E-state index contributed by atoms with van der Waals surface area (Å²) >= 11 is 5.92. The van der Waals surface area contributed by atoms with Gasteiger partial charge in [0.15, 0.2) is 0 Å². The van der Waals surface area contributed by atoms with Crippen LogP contribution in [0.1, 0.15) is 46.8 Å². The van der Waals surface area contributed by atoms with E-state index in [1.807, 2.05) is 55.5 Å². The van der Waals surface area contributed by atoms with Crippen molar-refractivity contribution in [2.45, 2.75) is 32.7 Å². The molecule has 0 aromatic heterocycles. The molecule has 1 heterocycles. The Morgan fingerprint density at radius 2 is 1.55 bits per heavy atom. The zero-order valence-electron chi connectivity index (χ0n) is 19.0. The Kier molecular flexibility index (Phi) is 7.92. The molecule has 1 aliphatic rings. The Morgan fingerprint density at radius 1 is 0.909 bits per heavy atom. The van der Waals surface area contributed by atoms with E-state index in [2.05, 4.69) is 45.8 Å². The normalized spacial score (nSPS) is 15.4. The molecule has 1 amide bonds. The first kappa shape index (κ1) is 23.2. The molecule has 1 saturated heterocycles. The molecular weight excluding hydrogens is 430 g/mol. The van der Waals surface area contributed by atoms with Crippen LogP contribution in [0.25, 0.3) is 0 Å². The molecule has 0 radical (unpaired) electrons. The number of hydrogen-bond acceptors (Lipinski definition) is 3. The monoisotopic (exact) mass is 459 g/mol. The van der Waals surface area contributed by atoms with Gasteiger partial charge in [-0.05, 0) is 86.1 Å². The van der Waals surface area contributed by atoms with Gasteiger partial charge in [-0.25, -0.2) is 5.43 Å². The minimum atomic E-state index is -0.211. The number of benzene rings is 3. The molecular formula is C28H30ClN3O. The van der Waals surface area contributed by atoms with E-state index in [-0.39, 0.29) is 5.91 Å². The zero-order valence-corrected chi connectivity index (χ0v) is 19.8. The van der Waals surface area contributed by atoms with Crippen molar-refractivity contribution in [1.29, 1.82) is 0 Å². The van der Waals surface area contributed by atoms with Gasteiger partial charge in [0.2, 0.25) is 0 Å². The highest BCUT2D eigenvalue weighted by atomic mass is 35.5. The van der Waals surface area contributed by atoms with Crippen LogP contribution in [-0.4, -0.2) is 29.6 Å². The number of nitrogens with one attached hydrogen (secondary N) is 1. The Balaban J connectivity index is 1.25. The Morgan fingerprint density at radius 3 is 2.21 bits per heavy atom. The van der Waals surface area contributed by atoms with Crippen LogP contribution in [0.3, 0.4) is 0 Å². The summed E-state index contributed by atoms with van der Waals surface area (Å²) in [5.41, 5.74) is 7.57. The maximum absolute atomic E-state index is 12.5. The van der Waals surface area contributed by atoms with Gasteiger partial charge in [0, 0.05) is 17.1 Å². The van der Waals surface area contributed by atoms with Gasteiger partial charge in [0.1, 0.15) is 0 Å². The van der Waals surface area contributed by atoms with E-state index in [0.29, 0.717) is 10.6 Å². The number of hydrogen-bond donors (Lipinski definition) is 1. The molecule has 0 bridgehead atoms. The molecule has 4 nitrogen and oxygen atoms in total. The molecule has 5 heteroatoms. The first-order chi connectivity index (χ1) is 16.1. The molecule has 1 N–H and O–H groups in total. The van der Waals surface area contributed by atoms with Gasteiger partial charge < -0.3 is 0 Å². The smallest absolute Gasteiger partial charge is 0.271 e. The van der Waals surface area contributed by atoms with Crippen molar-refractivity contribution in [3.05, 3.63) is 106 Å². The molecule has 33 heavy (non-hydrogen) atoms. The molecule has 1 aliphatic heterocycles. The van der Waals surface area contributed by atoms with Gasteiger partial charge in [-0.15, -0.1) is 0 Å². The lowest BCUT2D eigenvalue weighted by Gasteiger charge is -2.32. The third-order valence-corrected chi connectivity index (χ3v) is 6.54. The van der Waals surface area contributed by atoms with Crippen molar-refractivity contribution in [2.24, 2.45) is 11.0 Å². The lowest BCUT2D eigenvalue weighted by molar-refractivity contribution is 0.0955. The Hall–Kier alpha value is -2.95.